The first kappa shape index (κ1) is 8.81. The van der Waals surface area contributed by atoms with Crippen molar-refractivity contribution in [1.82, 2.24) is 9.88 Å². The summed E-state index contributed by atoms with van der Waals surface area (Å²) >= 11 is 0. The third-order valence-corrected chi connectivity index (χ3v) is 2.24. The summed E-state index contributed by atoms with van der Waals surface area (Å²) < 4.78 is 0. The van der Waals surface area contributed by atoms with Crippen LogP contribution in [0.1, 0.15) is 5.56 Å². The highest BCUT2D eigenvalue weighted by Gasteiger charge is 2.10. The van der Waals surface area contributed by atoms with E-state index in [9.17, 15) is 0 Å². The summed E-state index contributed by atoms with van der Waals surface area (Å²) in [6.07, 6.45) is 7.60. The lowest BCUT2D eigenvalue weighted by Crippen LogP contribution is -2.25. The Labute approximate surface area is 83.6 Å². The third-order valence-electron chi connectivity index (χ3n) is 2.24. The number of hydrogen-bond acceptors (Lipinski definition) is 3. The van der Waals surface area contributed by atoms with Crippen molar-refractivity contribution in [2.75, 3.05) is 13.6 Å². The molecule has 0 fully saturated rings. The number of nitrogens with zero attached hydrogens (tertiary/aromatic N) is 2. The van der Waals surface area contributed by atoms with Crippen LogP contribution in [0.5, 0.6) is 0 Å². The fourth-order valence-electron chi connectivity index (χ4n) is 1.56. The number of rotatable bonds is 1. The van der Waals surface area contributed by atoms with Crippen LogP contribution in [0.25, 0.3) is 5.70 Å². The molecule has 0 saturated carbocycles. The Morgan fingerprint density at radius 3 is 2.93 bits per heavy atom. The van der Waals surface area contributed by atoms with Gasteiger partial charge in [-0.2, -0.15) is 0 Å². The van der Waals surface area contributed by atoms with Crippen molar-refractivity contribution in [2.24, 2.45) is 5.73 Å². The molecule has 0 saturated heterocycles. The average molecular weight is 187 g/mol. The molecular formula is C11H13N3. The highest BCUT2D eigenvalue weighted by molar-refractivity contribution is 5.66. The standard InChI is InChI=1S/C11H13N3/c1-14-8-10(12)4-5-11(14)9-3-2-6-13-7-9/h2-7H,8,12H2,1H3. The smallest absolute Gasteiger partial charge is 0.0571 e. The van der Waals surface area contributed by atoms with E-state index in [0.29, 0.717) is 0 Å². The van der Waals surface area contributed by atoms with Crippen LogP contribution in [0.15, 0.2) is 42.4 Å². The molecule has 0 radical (unpaired) electrons. The minimum absolute atomic E-state index is 0.778. The van der Waals surface area contributed by atoms with Gasteiger partial charge in [0.25, 0.3) is 0 Å². The molecule has 1 aromatic heterocycles. The maximum absolute atomic E-state index is 5.72. The Hall–Kier alpha value is -1.77. The van der Waals surface area contributed by atoms with Crippen molar-refractivity contribution in [3.8, 4) is 0 Å². The number of pyridine rings is 1. The van der Waals surface area contributed by atoms with E-state index in [1.54, 1.807) is 6.20 Å². The minimum Gasteiger partial charge on any atom is -0.401 e. The van der Waals surface area contributed by atoms with Gasteiger partial charge in [-0.1, -0.05) is 0 Å². The molecule has 0 spiro atoms. The lowest BCUT2D eigenvalue weighted by Gasteiger charge is -2.25. The van der Waals surface area contributed by atoms with E-state index in [4.69, 9.17) is 5.73 Å². The van der Waals surface area contributed by atoms with E-state index in [0.717, 1.165) is 23.5 Å². The number of likely N-dealkylation sites (N-methyl/N-ethyl adjacent to an activating group) is 1. The van der Waals surface area contributed by atoms with Crippen molar-refractivity contribution >= 4 is 5.70 Å². The molecule has 0 aliphatic carbocycles. The van der Waals surface area contributed by atoms with Gasteiger partial charge in [0, 0.05) is 36.4 Å². The molecule has 0 unspecified atom stereocenters. The van der Waals surface area contributed by atoms with Crippen LogP contribution in [0.4, 0.5) is 0 Å². The maximum atomic E-state index is 5.72. The largest absolute Gasteiger partial charge is 0.401 e. The summed E-state index contributed by atoms with van der Waals surface area (Å²) in [6, 6.07) is 3.98. The van der Waals surface area contributed by atoms with E-state index in [1.807, 2.05) is 37.5 Å². The van der Waals surface area contributed by atoms with Crippen LogP contribution < -0.4 is 5.73 Å². The van der Waals surface area contributed by atoms with Gasteiger partial charge in [-0.15, -0.1) is 0 Å². The predicted octanol–water partition coefficient (Wildman–Crippen LogP) is 1.21. The lowest BCUT2D eigenvalue weighted by molar-refractivity contribution is 0.513. The van der Waals surface area contributed by atoms with Crippen LogP contribution in [-0.4, -0.2) is 23.5 Å². The van der Waals surface area contributed by atoms with Gasteiger partial charge in [0.05, 0.1) is 6.54 Å². The van der Waals surface area contributed by atoms with Crippen LogP contribution in [-0.2, 0) is 0 Å². The zero-order chi connectivity index (χ0) is 9.97. The Morgan fingerprint density at radius 1 is 1.43 bits per heavy atom. The first-order chi connectivity index (χ1) is 6.77. The summed E-state index contributed by atoms with van der Waals surface area (Å²) in [5.74, 6) is 0. The fourth-order valence-corrected chi connectivity index (χ4v) is 1.56. The molecule has 14 heavy (non-hydrogen) atoms. The van der Waals surface area contributed by atoms with Gasteiger partial charge in [-0.3, -0.25) is 4.98 Å². The van der Waals surface area contributed by atoms with Crippen LogP contribution >= 0.6 is 0 Å². The molecule has 2 N–H and O–H groups in total. The van der Waals surface area contributed by atoms with Gasteiger partial charge in [0.2, 0.25) is 0 Å². The van der Waals surface area contributed by atoms with Gasteiger partial charge >= 0.3 is 0 Å². The normalized spacial score (nSPS) is 16.2. The molecular weight excluding hydrogens is 174 g/mol. The second kappa shape index (κ2) is 3.54. The van der Waals surface area contributed by atoms with Crippen LogP contribution in [0.3, 0.4) is 0 Å². The van der Waals surface area contributed by atoms with Crippen LogP contribution in [0, 0.1) is 0 Å². The molecule has 0 aromatic carbocycles. The Bertz CT molecular complexity index is 379. The van der Waals surface area contributed by atoms with E-state index in [1.165, 1.54) is 0 Å². The molecule has 2 rings (SSSR count). The average Bonchev–Trinajstić information content (AvgIpc) is 2.19. The molecule has 0 atom stereocenters. The molecule has 0 bridgehead atoms. The Balaban J connectivity index is 2.35. The van der Waals surface area contributed by atoms with Gasteiger partial charge in [0.1, 0.15) is 0 Å². The van der Waals surface area contributed by atoms with Gasteiger partial charge in [-0.05, 0) is 24.3 Å². The van der Waals surface area contributed by atoms with Crippen molar-refractivity contribution < 1.29 is 0 Å². The molecule has 1 aromatic rings. The molecule has 1 aliphatic rings. The van der Waals surface area contributed by atoms with Gasteiger partial charge in [0.15, 0.2) is 0 Å². The van der Waals surface area contributed by atoms with Crippen LogP contribution in [0.2, 0.25) is 0 Å². The molecule has 3 nitrogen and oxygen atoms in total. The van der Waals surface area contributed by atoms with E-state index in [2.05, 4.69) is 9.88 Å². The van der Waals surface area contributed by atoms with Crippen molar-refractivity contribution in [3.05, 3.63) is 47.9 Å². The number of hydrogen-bond donors (Lipinski definition) is 1. The molecule has 2 heterocycles. The molecule has 72 valence electrons. The zero-order valence-electron chi connectivity index (χ0n) is 8.14. The number of aromatic nitrogens is 1. The highest BCUT2D eigenvalue weighted by Crippen LogP contribution is 2.20. The van der Waals surface area contributed by atoms with E-state index < -0.39 is 0 Å². The first-order valence-corrected chi connectivity index (χ1v) is 4.55. The molecule has 0 amide bonds. The van der Waals surface area contributed by atoms with Crippen molar-refractivity contribution in [3.63, 3.8) is 0 Å². The van der Waals surface area contributed by atoms with Crippen molar-refractivity contribution in [2.45, 2.75) is 0 Å². The zero-order valence-corrected chi connectivity index (χ0v) is 8.14. The summed E-state index contributed by atoms with van der Waals surface area (Å²) in [5.41, 5.74) is 8.90. The summed E-state index contributed by atoms with van der Waals surface area (Å²) in [7, 11) is 2.03. The quantitative estimate of drug-likeness (QED) is 0.718. The van der Waals surface area contributed by atoms with E-state index >= 15 is 0 Å². The fraction of sp³-hybridized carbons (Fsp3) is 0.182. The summed E-state index contributed by atoms with van der Waals surface area (Å²) in [5, 5.41) is 0. The SMILES string of the molecule is CN1CC(N)=CC=C1c1cccnc1. The minimum atomic E-state index is 0.778. The summed E-state index contributed by atoms with van der Waals surface area (Å²) in [4.78, 5) is 6.21. The topological polar surface area (TPSA) is 42.1 Å². The second-order valence-electron chi connectivity index (χ2n) is 3.39. The Morgan fingerprint density at radius 2 is 2.29 bits per heavy atom. The first-order valence-electron chi connectivity index (χ1n) is 4.55. The predicted molar refractivity (Wildman–Crippen MR) is 57.1 cm³/mol. The third kappa shape index (κ3) is 1.62. The van der Waals surface area contributed by atoms with Gasteiger partial charge in [-0.25, -0.2) is 0 Å². The van der Waals surface area contributed by atoms with Gasteiger partial charge < -0.3 is 10.6 Å². The number of nitrogens with two attached hydrogens (primary N) is 1. The number of allylic oxidation sites excluding steroid dienone is 2. The van der Waals surface area contributed by atoms with E-state index in [-0.39, 0.29) is 0 Å². The van der Waals surface area contributed by atoms with Crippen molar-refractivity contribution in [1.29, 1.82) is 0 Å². The maximum Gasteiger partial charge on any atom is 0.0571 e. The molecule has 3 heteroatoms. The lowest BCUT2D eigenvalue weighted by atomic mass is 10.1. The second-order valence-corrected chi connectivity index (χ2v) is 3.39. The monoisotopic (exact) mass is 187 g/mol. The summed E-state index contributed by atoms with van der Waals surface area (Å²) in [6.45, 7) is 0.778. The highest BCUT2D eigenvalue weighted by atomic mass is 15.1. The molecule has 1 aliphatic heterocycles. The Kier molecular flexibility index (Phi) is 2.23.